The van der Waals surface area contributed by atoms with Crippen molar-refractivity contribution in [1.82, 2.24) is 15.1 Å². The van der Waals surface area contributed by atoms with Crippen LogP contribution >= 0.6 is 23.1 Å². The van der Waals surface area contributed by atoms with Crippen molar-refractivity contribution in [3.63, 3.8) is 0 Å². The van der Waals surface area contributed by atoms with E-state index in [4.69, 9.17) is 4.74 Å². The van der Waals surface area contributed by atoms with Gasteiger partial charge in [-0.3, -0.25) is 4.79 Å². The molecule has 3 rings (SSSR count). The number of hydrogen-bond acceptors (Lipinski definition) is 7. The van der Waals surface area contributed by atoms with Crippen molar-refractivity contribution >= 4 is 39.8 Å². The lowest BCUT2D eigenvalue weighted by Gasteiger charge is -2.30. The zero-order valence-electron chi connectivity index (χ0n) is 15.1. The van der Waals surface area contributed by atoms with Crippen molar-refractivity contribution in [2.24, 2.45) is 5.92 Å². The summed E-state index contributed by atoms with van der Waals surface area (Å²) >= 11 is 2.90. The molecule has 1 aliphatic heterocycles. The van der Waals surface area contributed by atoms with Crippen molar-refractivity contribution in [1.29, 1.82) is 0 Å². The van der Waals surface area contributed by atoms with E-state index in [1.54, 1.807) is 0 Å². The Morgan fingerprint density at radius 3 is 3.08 bits per heavy atom. The molecule has 1 unspecified atom stereocenters. The minimum atomic E-state index is 0.188. The van der Waals surface area contributed by atoms with Crippen LogP contribution in [0.5, 0.6) is 5.75 Å². The SMILES string of the molecule is CCOc1ccccc1Nc1nnc(SCC(=O)N2CCCC(C)C2)s1. The molecule has 1 aliphatic rings. The summed E-state index contributed by atoms with van der Waals surface area (Å²) in [6.45, 7) is 6.51. The lowest BCUT2D eigenvalue weighted by Crippen LogP contribution is -2.40. The van der Waals surface area contributed by atoms with E-state index in [9.17, 15) is 4.79 Å². The van der Waals surface area contributed by atoms with Gasteiger partial charge in [-0.1, -0.05) is 42.2 Å². The van der Waals surface area contributed by atoms with E-state index in [2.05, 4.69) is 22.4 Å². The molecule has 1 atom stereocenters. The first kappa shape index (κ1) is 19.0. The molecule has 140 valence electrons. The summed E-state index contributed by atoms with van der Waals surface area (Å²) in [5.41, 5.74) is 0.862. The number of amides is 1. The number of benzene rings is 1. The maximum Gasteiger partial charge on any atom is 0.233 e. The Morgan fingerprint density at radius 2 is 2.27 bits per heavy atom. The van der Waals surface area contributed by atoms with Crippen molar-refractivity contribution in [2.75, 3.05) is 30.8 Å². The predicted octanol–water partition coefficient (Wildman–Crippen LogP) is 4.03. The Morgan fingerprint density at radius 1 is 1.42 bits per heavy atom. The molecule has 1 aromatic heterocycles. The topological polar surface area (TPSA) is 67.3 Å². The summed E-state index contributed by atoms with van der Waals surface area (Å²) in [4.78, 5) is 14.3. The van der Waals surface area contributed by atoms with Gasteiger partial charge in [0, 0.05) is 13.1 Å². The maximum atomic E-state index is 12.4. The fraction of sp³-hybridized carbons (Fsp3) is 0.500. The third kappa shape index (κ3) is 5.11. The first-order valence-corrected chi connectivity index (χ1v) is 10.7. The fourth-order valence-electron chi connectivity index (χ4n) is 2.92. The second-order valence-corrected chi connectivity index (χ2v) is 8.50. The quantitative estimate of drug-likeness (QED) is 0.718. The lowest BCUT2D eigenvalue weighted by atomic mass is 10.0. The highest BCUT2D eigenvalue weighted by atomic mass is 32.2. The third-order valence-electron chi connectivity index (χ3n) is 4.16. The van der Waals surface area contributed by atoms with Gasteiger partial charge in [-0.15, -0.1) is 10.2 Å². The number of thioether (sulfide) groups is 1. The van der Waals surface area contributed by atoms with Gasteiger partial charge in [0.15, 0.2) is 4.34 Å². The lowest BCUT2D eigenvalue weighted by molar-refractivity contribution is -0.130. The number of para-hydroxylation sites is 2. The fourth-order valence-corrected chi connectivity index (χ4v) is 4.58. The Hall–Kier alpha value is -1.80. The Bertz CT molecular complexity index is 737. The highest BCUT2D eigenvalue weighted by molar-refractivity contribution is 8.01. The van der Waals surface area contributed by atoms with Crippen molar-refractivity contribution in [2.45, 2.75) is 31.0 Å². The Labute approximate surface area is 162 Å². The Kier molecular flexibility index (Phi) is 6.73. The van der Waals surface area contributed by atoms with E-state index >= 15 is 0 Å². The van der Waals surface area contributed by atoms with Crippen molar-refractivity contribution in [3.05, 3.63) is 24.3 Å². The molecule has 0 aliphatic carbocycles. The number of piperidine rings is 1. The number of likely N-dealkylation sites (tertiary alicyclic amines) is 1. The standard InChI is InChI=1S/C18H24N4O2S2/c1-3-24-15-9-5-4-8-14(15)19-17-20-21-18(26-17)25-12-16(23)22-10-6-7-13(2)11-22/h4-5,8-9,13H,3,6-7,10-12H2,1-2H3,(H,19,20). The van der Waals surface area contributed by atoms with Crippen LogP contribution in [-0.4, -0.2) is 46.5 Å². The molecule has 1 aromatic carbocycles. The molecule has 8 heteroatoms. The van der Waals surface area contributed by atoms with Gasteiger partial charge < -0.3 is 15.0 Å². The van der Waals surface area contributed by atoms with Crippen LogP contribution in [0.2, 0.25) is 0 Å². The molecule has 1 amide bonds. The molecule has 2 heterocycles. The smallest absolute Gasteiger partial charge is 0.233 e. The summed E-state index contributed by atoms with van der Waals surface area (Å²) in [5, 5.41) is 12.3. The molecule has 0 radical (unpaired) electrons. The second-order valence-electron chi connectivity index (χ2n) is 6.30. The molecule has 0 saturated carbocycles. The van der Waals surface area contributed by atoms with Gasteiger partial charge in [-0.25, -0.2) is 0 Å². The predicted molar refractivity (Wildman–Crippen MR) is 107 cm³/mol. The Balaban J connectivity index is 1.54. The molecular weight excluding hydrogens is 368 g/mol. The number of carbonyl (C=O) groups excluding carboxylic acids is 1. The normalized spacial score (nSPS) is 17.2. The van der Waals surface area contributed by atoms with Crippen LogP contribution in [0.3, 0.4) is 0 Å². The molecule has 6 nitrogen and oxygen atoms in total. The van der Waals surface area contributed by atoms with Crippen LogP contribution < -0.4 is 10.1 Å². The number of hydrogen-bond donors (Lipinski definition) is 1. The monoisotopic (exact) mass is 392 g/mol. The first-order valence-electron chi connectivity index (χ1n) is 8.88. The van der Waals surface area contributed by atoms with Gasteiger partial charge in [0.25, 0.3) is 0 Å². The summed E-state index contributed by atoms with van der Waals surface area (Å²) in [6.07, 6.45) is 2.31. The van der Waals surface area contributed by atoms with E-state index < -0.39 is 0 Å². The van der Waals surface area contributed by atoms with E-state index in [0.717, 1.165) is 35.3 Å². The first-order chi connectivity index (χ1) is 12.7. The molecule has 26 heavy (non-hydrogen) atoms. The number of carbonyl (C=O) groups is 1. The minimum Gasteiger partial charge on any atom is -0.492 e. The van der Waals surface area contributed by atoms with Crippen LogP contribution in [0.1, 0.15) is 26.7 Å². The van der Waals surface area contributed by atoms with Gasteiger partial charge in [0.1, 0.15) is 5.75 Å². The summed E-state index contributed by atoms with van der Waals surface area (Å²) in [7, 11) is 0. The largest absolute Gasteiger partial charge is 0.492 e. The molecular formula is C18H24N4O2S2. The number of aromatic nitrogens is 2. The minimum absolute atomic E-state index is 0.188. The van der Waals surface area contributed by atoms with Gasteiger partial charge in [0.2, 0.25) is 11.0 Å². The number of anilines is 2. The average Bonchev–Trinajstić information content (AvgIpc) is 3.09. The number of nitrogens with one attached hydrogen (secondary N) is 1. The highest BCUT2D eigenvalue weighted by Crippen LogP contribution is 2.31. The number of nitrogens with zero attached hydrogens (tertiary/aromatic N) is 3. The van der Waals surface area contributed by atoms with E-state index in [1.807, 2.05) is 36.1 Å². The number of ether oxygens (including phenoxy) is 1. The molecule has 1 fully saturated rings. The van der Waals surface area contributed by atoms with Crippen molar-refractivity contribution < 1.29 is 9.53 Å². The average molecular weight is 393 g/mol. The van der Waals surface area contributed by atoms with E-state index in [0.29, 0.717) is 23.4 Å². The molecule has 2 aromatic rings. The summed E-state index contributed by atoms with van der Waals surface area (Å²) in [5.74, 6) is 1.99. The summed E-state index contributed by atoms with van der Waals surface area (Å²) in [6, 6.07) is 7.74. The van der Waals surface area contributed by atoms with Gasteiger partial charge in [-0.2, -0.15) is 0 Å². The second kappa shape index (κ2) is 9.23. The third-order valence-corrected chi connectivity index (χ3v) is 6.12. The molecule has 0 spiro atoms. The summed E-state index contributed by atoms with van der Waals surface area (Å²) < 4.78 is 6.40. The van der Waals surface area contributed by atoms with E-state index in [1.165, 1.54) is 29.5 Å². The van der Waals surface area contributed by atoms with Crippen LogP contribution in [-0.2, 0) is 4.79 Å². The van der Waals surface area contributed by atoms with Crippen LogP contribution in [0.25, 0.3) is 0 Å². The van der Waals surface area contributed by atoms with Crippen LogP contribution in [0.15, 0.2) is 28.6 Å². The maximum absolute atomic E-state index is 12.4. The highest BCUT2D eigenvalue weighted by Gasteiger charge is 2.21. The van der Waals surface area contributed by atoms with Gasteiger partial charge >= 0.3 is 0 Å². The van der Waals surface area contributed by atoms with E-state index in [-0.39, 0.29) is 5.91 Å². The molecule has 1 N–H and O–H groups in total. The van der Waals surface area contributed by atoms with Gasteiger partial charge in [-0.05, 0) is 37.8 Å². The molecule has 0 bridgehead atoms. The van der Waals surface area contributed by atoms with Crippen molar-refractivity contribution in [3.8, 4) is 5.75 Å². The van der Waals surface area contributed by atoms with Crippen LogP contribution in [0, 0.1) is 5.92 Å². The zero-order valence-corrected chi connectivity index (χ0v) is 16.7. The van der Waals surface area contributed by atoms with Gasteiger partial charge in [0.05, 0.1) is 18.0 Å². The zero-order chi connectivity index (χ0) is 18.4. The van der Waals surface area contributed by atoms with Crippen LogP contribution in [0.4, 0.5) is 10.8 Å². The number of rotatable bonds is 7. The molecule has 1 saturated heterocycles.